The van der Waals surface area contributed by atoms with Gasteiger partial charge in [0.2, 0.25) is 5.88 Å². The number of rotatable bonds is 5. The molecule has 0 amide bonds. The van der Waals surface area contributed by atoms with Crippen molar-refractivity contribution in [3.63, 3.8) is 0 Å². The van der Waals surface area contributed by atoms with Crippen LogP contribution in [0.15, 0.2) is 22.7 Å². The number of hydrogen-bond donors (Lipinski definition) is 2. The lowest BCUT2D eigenvalue weighted by atomic mass is 10.2. The van der Waals surface area contributed by atoms with Crippen molar-refractivity contribution in [1.29, 1.82) is 0 Å². The highest BCUT2D eigenvalue weighted by Crippen LogP contribution is 2.29. The van der Waals surface area contributed by atoms with E-state index in [4.69, 9.17) is 10.6 Å². The molecule has 0 aliphatic rings. The van der Waals surface area contributed by atoms with Gasteiger partial charge in [-0.15, -0.1) is 0 Å². The zero-order valence-corrected chi connectivity index (χ0v) is 13.4. The average molecular weight is 355 g/mol. The molecule has 2 aromatic rings. The number of nitrogen functional groups attached to an aromatic ring is 1. The Morgan fingerprint density at radius 1 is 1.33 bits per heavy atom. The fourth-order valence-electron chi connectivity index (χ4n) is 1.81. The molecular weight excluding hydrogens is 339 g/mol. The van der Waals surface area contributed by atoms with Gasteiger partial charge < -0.3 is 10.2 Å². The first-order valence-electron chi connectivity index (χ1n) is 6.51. The van der Waals surface area contributed by atoms with Gasteiger partial charge in [0.25, 0.3) is 0 Å². The van der Waals surface area contributed by atoms with Gasteiger partial charge in [-0.05, 0) is 25.5 Å². The van der Waals surface area contributed by atoms with Crippen molar-refractivity contribution in [3.05, 3.63) is 39.9 Å². The van der Waals surface area contributed by atoms with E-state index < -0.39 is 5.82 Å². The van der Waals surface area contributed by atoms with Crippen molar-refractivity contribution in [2.75, 3.05) is 5.43 Å². The number of hydrogen-bond acceptors (Lipinski definition) is 5. The molecule has 2 rings (SSSR count). The van der Waals surface area contributed by atoms with Crippen LogP contribution in [0.4, 0.5) is 10.2 Å². The van der Waals surface area contributed by atoms with Crippen LogP contribution in [0.3, 0.4) is 0 Å². The van der Waals surface area contributed by atoms with E-state index in [0.717, 1.165) is 6.42 Å². The molecule has 0 aliphatic heterocycles. The highest BCUT2D eigenvalue weighted by atomic mass is 79.9. The maximum Gasteiger partial charge on any atom is 0.227 e. The Morgan fingerprint density at radius 2 is 2.10 bits per heavy atom. The van der Waals surface area contributed by atoms with Crippen LogP contribution in [0.5, 0.6) is 11.6 Å². The van der Waals surface area contributed by atoms with Crippen molar-refractivity contribution in [2.45, 2.75) is 26.7 Å². The molecule has 0 saturated carbocycles. The van der Waals surface area contributed by atoms with Crippen LogP contribution in [0.1, 0.15) is 24.7 Å². The molecule has 0 unspecified atom stereocenters. The van der Waals surface area contributed by atoms with Gasteiger partial charge >= 0.3 is 0 Å². The van der Waals surface area contributed by atoms with E-state index in [0.29, 0.717) is 39.7 Å². The quantitative estimate of drug-likeness (QED) is 0.632. The van der Waals surface area contributed by atoms with E-state index >= 15 is 0 Å². The molecule has 0 atom stereocenters. The topological polar surface area (TPSA) is 73.1 Å². The minimum absolute atomic E-state index is 0.356. The maximum atomic E-state index is 13.4. The summed E-state index contributed by atoms with van der Waals surface area (Å²) < 4.78 is 19.7. The smallest absolute Gasteiger partial charge is 0.227 e. The van der Waals surface area contributed by atoms with E-state index in [-0.39, 0.29) is 0 Å². The summed E-state index contributed by atoms with van der Waals surface area (Å²) in [6.07, 6.45) is 1.61. The summed E-state index contributed by atoms with van der Waals surface area (Å²) in [5.41, 5.74) is 3.19. The second-order valence-electron chi connectivity index (χ2n) is 4.52. The zero-order chi connectivity index (χ0) is 15.4. The highest BCUT2D eigenvalue weighted by Gasteiger charge is 2.13. The Bertz CT molecular complexity index is 631. The third-order valence-electron chi connectivity index (χ3n) is 2.81. The molecule has 0 aliphatic carbocycles. The average Bonchev–Trinajstić information content (AvgIpc) is 2.41. The minimum Gasteiger partial charge on any atom is -0.438 e. The van der Waals surface area contributed by atoms with Crippen LogP contribution in [0.2, 0.25) is 0 Å². The summed E-state index contributed by atoms with van der Waals surface area (Å²) in [5, 5.41) is 0. The number of nitrogens with two attached hydrogens (primary N) is 1. The lowest BCUT2D eigenvalue weighted by molar-refractivity contribution is 0.449. The van der Waals surface area contributed by atoms with Gasteiger partial charge in [-0.2, -0.15) is 4.98 Å². The fraction of sp³-hybridized carbons (Fsp3) is 0.286. The number of benzene rings is 1. The van der Waals surface area contributed by atoms with Gasteiger partial charge in [0, 0.05) is 17.0 Å². The van der Waals surface area contributed by atoms with Crippen LogP contribution in [0, 0.1) is 12.7 Å². The molecule has 0 bridgehead atoms. The summed E-state index contributed by atoms with van der Waals surface area (Å²) >= 11 is 3.23. The predicted octanol–water partition coefficient (Wildman–Crippen LogP) is 3.72. The lowest BCUT2D eigenvalue weighted by Crippen LogP contribution is -2.13. The lowest BCUT2D eigenvalue weighted by Gasteiger charge is -2.12. The molecule has 0 fully saturated rings. The van der Waals surface area contributed by atoms with Gasteiger partial charge in [-0.25, -0.2) is 15.2 Å². The largest absolute Gasteiger partial charge is 0.438 e. The molecule has 0 radical (unpaired) electrons. The van der Waals surface area contributed by atoms with Gasteiger partial charge in [0.05, 0.1) is 5.56 Å². The number of halogens is 2. The Morgan fingerprint density at radius 3 is 2.71 bits per heavy atom. The summed E-state index contributed by atoms with van der Waals surface area (Å²) in [6.45, 7) is 3.82. The van der Waals surface area contributed by atoms with Gasteiger partial charge in [-0.3, -0.25) is 0 Å². The standard InChI is InChI=1S/C14H16BrFN4O/c1-3-4-12-18-13(20-17)8(2)14(19-12)21-11-6-9(15)5-10(16)7-11/h5-7H,3-4,17H2,1-2H3,(H,18,19,20). The molecule has 5 nitrogen and oxygen atoms in total. The molecule has 1 aromatic heterocycles. The first kappa shape index (κ1) is 15.7. The van der Waals surface area contributed by atoms with Crippen molar-refractivity contribution >= 4 is 21.7 Å². The molecule has 0 saturated heterocycles. The SMILES string of the molecule is CCCc1nc(NN)c(C)c(Oc2cc(F)cc(Br)c2)n1. The van der Waals surface area contributed by atoms with E-state index in [9.17, 15) is 4.39 Å². The van der Waals surface area contributed by atoms with Crippen LogP contribution < -0.4 is 16.0 Å². The number of ether oxygens (including phenoxy) is 1. The molecule has 3 N–H and O–H groups in total. The van der Waals surface area contributed by atoms with Crippen molar-refractivity contribution < 1.29 is 9.13 Å². The molecule has 112 valence electrons. The molecule has 0 spiro atoms. The summed E-state index contributed by atoms with van der Waals surface area (Å²) in [5.74, 6) is 6.91. The van der Waals surface area contributed by atoms with E-state index in [1.54, 1.807) is 13.0 Å². The summed E-state index contributed by atoms with van der Waals surface area (Å²) in [4.78, 5) is 8.67. The monoisotopic (exact) mass is 354 g/mol. The van der Waals surface area contributed by atoms with E-state index in [1.165, 1.54) is 12.1 Å². The van der Waals surface area contributed by atoms with Crippen molar-refractivity contribution in [3.8, 4) is 11.6 Å². The Balaban J connectivity index is 2.39. The number of nitrogens with one attached hydrogen (secondary N) is 1. The normalized spacial score (nSPS) is 10.5. The third-order valence-corrected chi connectivity index (χ3v) is 3.27. The van der Waals surface area contributed by atoms with Gasteiger partial charge in [0.1, 0.15) is 23.2 Å². The molecule has 7 heteroatoms. The number of anilines is 1. The van der Waals surface area contributed by atoms with Crippen molar-refractivity contribution in [1.82, 2.24) is 9.97 Å². The summed E-state index contributed by atoms with van der Waals surface area (Å²) in [7, 11) is 0. The van der Waals surface area contributed by atoms with Gasteiger partial charge in [0.15, 0.2) is 0 Å². The number of aryl methyl sites for hydroxylation is 1. The first-order chi connectivity index (χ1) is 10.0. The molecule has 1 heterocycles. The summed E-state index contributed by atoms with van der Waals surface area (Å²) in [6, 6.07) is 4.32. The van der Waals surface area contributed by atoms with E-state index in [2.05, 4.69) is 31.3 Å². The molecule has 1 aromatic carbocycles. The van der Waals surface area contributed by atoms with Crippen molar-refractivity contribution in [2.24, 2.45) is 5.84 Å². The van der Waals surface area contributed by atoms with Crippen LogP contribution >= 0.6 is 15.9 Å². The number of hydrazine groups is 1. The maximum absolute atomic E-state index is 13.4. The Kier molecular flexibility index (Phi) is 5.08. The predicted molar refractivity (Wildman–Crippen MR) is 82.7 cm³/mol. The fourth-order valence-corrected chi connectivity index (χ4v) is 2.26. The van der Waals surface area contributed by atoms with Crippen LogP contribution in [-0.4, -0.2) is 9.97 Å². The Hall–Kier alpha value is -1.73. The number of nitrogens with zero attached hydrogens (tertiary/aromatic N) is 2. The number of aromatic nitrogens is 2. The second-order valence-corrected chi connectivity index (χ2v) is 5.44. The molecular formula is C14H16BrFN4O. The Labute approximate surface area is 130 Å². The first-order valence-corrected chi connectivity index (χ1v) is 7.31. The zero-order valence-electron chi connectivity index (χ0n) is 11.8. The van der Waals surface area contributed by atoms with Crippen LogP contribution in [-0.2, 0) is 6.42 Å². The third kappa shape index (κ3) is 3.89. The minimum atomic E-state index is -0.392. The van der Waals surface area contributed by atoms with Gasteiger partial charge in [-0.1, -0.05) is 22.9 Å². The van der Waals surface area contributed by atoms with Crippen LogP contribution in [0.25, 0.3) is 0 Å². The second kappa shape index (κ2) is 6.82. The molecule has 21 heavy (non-hydrogen) atoms. The highest BCUT2D eigenvalue weighted by molar-refractivity contribution is 9.10. The van der Waals surface area contributed by atoms with E-state index in [1.807, 2.05) is 6.92 Å².